The van der Waals surface area contributed by atoms with Crippen LogP contribution in [0.15, 0.2) is 24.4 Å². The van der Waals surface area contributed by atoms with E-state index < -0.39 is 0 Å². The SMILES string of the molecule is COCCCNc1nc(C)cn1-c1ccc(C)cc1F. The largest absolute Gasteiger partial charge is 0.385 e. The van der Waals surface area contributed by atoms with Crippen LogP contribution in [-0.4, -0.2) is 29.8 Å². The van der Waals surface area contributed by atoms with E-state index in [-0.39, 0.29) is 5.82 Å². The molecule has 5 heteroatoms. The minimum absolute atomic E-state index is 0.248. The van der Waals surface area contributed by atoms with Gasteiger partial charge in [0.2, 0.25) is 5.95 Å². The number of rotatable bonds is 6. The minimum atomic E-state index is -0.248. The summed E-state index contributed by atoms with van der Waals surface area (Å²) in [6, 6.07) is 5.19. The summed E-state index contributed by atoms with van der Waals surface area (Å²) >= 11 is 0. The highest BCUT2D eigenvalue weighted by Crippen LogP contribution is 2.20. The molecule has 1 heterocycles. The molecule has 0 atom stereocenters. The first kappa shape index (κ1) is 14.5. The van der Waals surface area contributed by atoms with Crippen molar-refractivity contribution in [3.63, 3.8) is 0 Å². The fraction of sp³-hybridized carbons (Fsp3) is 0.400. The van der Waals surface area contributed by atoms with Crippen LogP contribution in [0.3, 0.4) is 0 Å². The molecule has 0 saturated heterocycles. The summed E-state index contributed by atoms with van der Waals surface area (Å²) < 4.78 is 20.8. The van der Waals surface area contributed by atoms with Gasteiger partial charge >= 0.3 is 0 Å². The van der Waals surface area contributed by atoms with Crippen molar-refractivity contribution in [1.82, 2.24) is 9.55 Å². The lowest BCUT2D eigenvalue weighted by atomic mass is 10.2. The number of aromatic nitrogens is 2. The number of hydrogen-bond acceptors (Lipinski definition) is 3. The van der Waals surface area contributed by atoms with Crippen molar-refractivity contribution in [2.45, 2.75) is 20.3 Å². The molecule has 0 bridgehead atoms. The Bertz CT molecular complexity index is 580. The zero-order valence-electron chi connectivity index (χ0n) is 12.1. The first-order valence-electron chi connectivity index (χ1n) is 6.67. The summed E-state index contributed by atoms with van der Waals surface area (Å²) in [6.45, 7) is 5.18. The topological polar surface area (TPSA) is 39.1 Å². The number of hydrogen-bond donors (Lipinski definition) is 1. The van der Waals surface area contributed by atoms with Gasteiger partial charge in [-0.05, 0) is 38.0 Å². The number of ether oxygens (including phenoxy) is 1. The van der Waals surface area contributed by atoms with Crippen LogP contribution in [0.1, 0.15) is 17.7 Å². The summed E-state index contributed by atoms with van der Waals surface area (Å²) in [5.41, 5.74) is 2.25. The first-order chi connectivity index (χ1) is 9.61. The van der Waals surface area contributed by atoms with Gasteiger partial charge < -0.3 is 10.1 Å². The predicted molar refractivity (Wildman–Crippen MR) is 78.0 cm³/mol. The van der Waals surface area contributed by atoms with Crippen molar-refractivity contribution >= 4 is 5.95 Å². The Morgan fingerprint density at radius 3 is 2.85 bits per heavy atom. The molecule has 0 unspecified atom stereocenters. The zero-order valence-corrected chi connectivity index (χ0v) is 12.1. The highest BCUT2D eigenvalue weighted by Gasteiger charge is 2.11. The van der Waals surface area contributed by atoms with E-state index in [9.17, 15) is 4.39 Å². The fourth-order valence-electron chi connectivity index (χ4n) is 2.03. The van der Waals surface area contributed by atoms with Crippen molar-refractivity contribution in [3.8, 4) is 5.69 Å². The number of nitrogens with zero attached hydrogens (tertiary/aromatic N) is 2. The van der Waals surface area contributed by atoms with Gasteiger partial charge in [-0.1, -0.05) is 6.07 Å². The number of nitrogens with one attached hydrogen (secondary N) is 1. The summed E-state index contributed by atoms with van der Waals surface area (Å²) in [5.74, 6) is 0.406. The molecule has 20 heavy (non-hydrogen) atoms. The number of aryl methyl sites for hydroxylation is 2. The second-order valence-corrected chi connectivity index (χ2v) is 4.80. The first-order valence-corrected chi connectivity index (χ1v) is 6.67. The highest BCUT2D eigenvalue weighted by molar-refractivity contribution is 5.45. The van der Waals surface area contributed by atoms with Crippen molar-refractivity contribution in [3.05, 3.63) is 41.5 Å². The molecule has 2 rings (SSSR count). The zero-order chi connectivity index (χ0) is 14.5. The molecule has 0 aliphatic rings. The second kappa shape index (κ2) is 6.52. The average molecular weight is 277 g/mol. The van der Waals surface area contributed by atoms with E-state index in [1.807, 2.05) is 26.1 Å². The third-order valence-corrected chi connectivity index (χ3v) is 3.00. The van der Waals surface area contributed by atoms with Gasteiger partial charge in [0, 0.05) is 26.5 Å². The number of halogens is 1. The van der Waals surface area contributed by atoms with Crippen LogP contribution in [0, 0.1) is 19.7 Å². The minimum Gasteiger partial charge on any atom is -0.385 e. The lowest BCUT2D eigenvalue weighted by molar-refractivity contribution is 0.197. The average Bonchev–Trinajstić information content (AvgIpc) is 2.76. The Labute approximate surface area is 118 Å². The van der Waals surface area contributed by atoms with Crippen LogP contribution in [0.5, 0.6) is 0 Å². The maximum absolute atomic E-state index is 14.1. The molecule has 0 aliphatic carbocycles. The standard InChI is InChI=1S/C15H20FN3O/c1-11-5-6-14(13(16)9-11)19-10-12(2)18-15(19)17-7-4-8-20-3/h5-6,9-10H,4,7-8H2,1-3H3,(H,17,18). The van der Waals surface area contributed by atoms with E-state index in [4.69, 9.17) is 4.74 Å². The number of methoxy groups -OCH3 is 1. The Morgan fingerprint density at radius 1 is 1.35 bits per heavy atom. The summed E-state index contributed by atoms with van der Waals surface area (Å²) in [4.78, 5) is 4.39. The monoisotopic (exact) mass is 277 g/mol. The Morgan fingerprint density at radius 2 is 2.15 bits per heavy atom. The van der Waals surface area contributed by atoms with E-state index in [2.05, 4.69) is 10.3 Å². The van der Waals surface area contributed by atoms with Crippen LogP contribution in [0.2, 0.25) is 0 Å². The highest BCUT2D eigenvalue weighted by atomic mass is 19.1. The smallest absolute Gasteiger partial charge is 0.207 e. The molecule has 0 saturated carbocycles. The van der Waals surface area contributed by atoms with Crippen LogP contribution < -0.4 is 5.32 Å². The molecule has 0 fully saturated rings. The third-order valence-electron chi connectivity index (χ3n) is 3.00. The van der Waals surface area contributed by atoms with E-state index in [1.54, 1.807) is 17.7 Å². The summed E-state index contributed by atoms with van der Waals surface area (Å²) in [5, 5.41) is 3.21. The summed E-state index contributed by atoms with van der Waals surface area (Å²) in [6.07, 6.45) is 2.70. The molecule has 2 aromatic rings. The molecule has 0 spiro atoms. The predicted octanol–water partition coefficient (Wildman–Crippen LogP) is 3.08. The molecule has 108 valence electrons. The van der Waals surface area contributed by atoms with Crippen molar-refractivity contribution < 1.29 is 9.13 Å². The Kier molecular flexibility index (Phi) is 4.74. The van der Waals surface area contributed by atoms with Crippen molar-refractivity contribution in [2.75, 3.05) is 25.6 Å². The second-order valence-electron chi connectivity index (χ2n) is 4.80. The van der Waals surface area contributed by atoms with Gasteiger partial charge in [-0.3, -0.25) is 4.57 Å². The summed E-state index contributed by atoms with van der Waals surface area (Å²) in [7, 11) is 1.67. The lowest BCUT2D eigenvalue weighted by Gasteiger charge is -2.11. The Balaban J connectivity index is 2.22. The van der Waals surface area contributed by atoms with Crippen molar-refractivity contribution in [2.24, 2.45) is 0 Å². The number of benzene rings is 1. The van der Waals surface area contributed by atoms with Crippen LogP contribution in [0.4, 0.5) is 10.3 Å². The van der Waals surface area contributed by atoms with Crippen LogP contribution in [-0.2, 0) is 4.74 Å². The normalized spacial score (nSPS) is 10.8. The Hall–Kier alpha value is -1.88. The molecular formula is C15H20FN3O. The lowest BCUT2D eigenvalue weighted by Crippen LogP contribution is -2.10. The van der Waals surface area contributed by atoms with E-state index >= 15 is 0 Å². The van der Waals surface area contributed by atoms with Gasteiger partial charge in [0.1, 0.15) is 5.82 Å². The van der Waals surface area contributed by atoms with Gasteiger partial charge in [0.25, 0.3) is 0 Å². The van der Waals surface area contributed by atoms with Gasteiger partial charge in [-0.25, -0.2) is 9.37 Å². The molecule has 0 amide bonds. The maximum atomic E-state index is 14.1. The molecule has 1 aromatic heterocycles. The van der Waals surface area contributed by atoms with E-state index in [1.165, 1.54) is 6.07 Å². The number of anilines is 1. The molecule has 0 radical (unpaired) electrons. The van der Waals surface area contributed by atoms with E-state index in [0.29, 0.717) is 18.2 Å². The van der Waals surface area contributed by atoms with Crippen LogP contribution >= 0.6 is 0 Å². The molecule has 1 aromatic carbocycles. The maximum Gasteiger partial charge on any atom is 0.207 e. The van der Waals surface area contributed by atoms with Crippen LogP contribution in [0.25, 0.3) is 5.69 Å². The molecule has 0 aliphatic heterocycles. The molecule has 1 N–H and O–H groups in total. The van der Waals surface area contributed by atoms with Gasteiger partial charge in [-0.2, -0.15) is 0 Å². The molecule has 4 nitrogen and oxygen atoms in total. The van der Waals surface area contributed by atoms with Gasteiger partial charge in [-0.15, -0.1) is 0 Å². The van der Waals surface area contributed by atoms with E-state index in [0.717, 1.165) is 24.2 Å². The number of imidazole rings is 1. The van der Waals surface area contributed by atoms with Gasteiger partial charge in [0.15, 0.2) is 0 Å². The van der Waals surface area contributed by atoms with Crippen molar-refractivity contribution in [1.29, 1.82) is 0 Å². The fourth-order valence-corrected chi connectivity index (χ4v) is 2.03. The molecular weight excluding hydrogens is 257 g/mol. The quantitative estimate of drug-likeness (QED) is 0.825. The van der Waals surface area contributed by atoms with Gasteiger partial charge in [0.05, 0.1) is 11.4 Å². The third kappa shape index (κ3) is 3.36.